The van der Waals surface area contributed by atoms with Crippen molar-refractivity contribution in [1.82, 2.24) is 5.32 Å². The molecule has 0 bridgehead atoms. The third-order valence-electron chi connectivity index (χ3n) is 3.45. The fourth-order valence-electron chi connectivity index (χ4n) is 2.28. The topological polar surface area (TPSA) is 30.5 Å². The van der Waals surface area contributed by atoms with Crippen LogP contribution in [0.15, 0.2) is 28.7 Å². The second-order valence-electron chi connectivity index (χ2n) is 4.94. The zero-order valence-electron chi connectivity index (χ0n) is 11.4. The molecule has 4 heteroatoms. The van der Waals surface area contributed by atoms with Gasteiger partial charge in [-0.05, 0) is 31.4 Å². The Morgan fingerprint density at radius 1 is 1.47 bits per heavy atom. The lowest BCUT2D eigenvalue weighted by Gasteiger charge is -2.20. The Labute approximate surface area is 123 Å². The highest BCUT2D eigenvalue weighted by Gasteiger charge is 2.21. The van der Waals surface area contributed by atoms with Gasteiger partial charge in [0.2, 0.25) is 0 Å². The number of hydrogen-bond donors (Lipinski definition) is 1. The highest BCUT2D eigenvalue weighted by Crippen LogP contribution is 2.17. The van der Waals surface area contributed by atoms with Crippen molar-refractivity contribution in [1.29, 1.82) is 0 Å². The molecule has 1 N–H and O–H groups in total. The van der Waals surface area contributed by atoms with Gasteiger partial charge in [0, 0.05) is 23.7 Å². The van der Waals surface area contributed by atoms with Crippen LogP contribution in [-0.4, -0.2) is 31.9 Å². The first kappa shape index (κ1) is 15.0. The van der Waals surface area contributed by atoms with Crippen LogP contribution in [0.2, 0.25) is 0 Å². The SMILES string of the molecule is CC(NCCOCc1ccccc1Br)C1CCCO1. The van der Waals surface area contributed by atoms with Gasteiger partial charge in [0.15, 0.2) is 0 Å². The van der Waals surface area contributed by atoms with Gasteiger partial charge in [-0.25, -0.2) is 0 Å². The molecule has 0 radical (unpaired) electrons. The summed E-state index contributed by atoms with van der Waals surface area (Å²) >= 11 is 3.52. The van der Waals surface area contributed by atoms with Crippen LogP contribution in [0.5, 0.6) is 0 Å². The number of halogens is 1. The van der Waals surface area contributed by atoms with E-state index in [0.717, 1.165) is 24.2 Å². The van der Waals surface area contributed by atoms with E-state index in [9.17, 15) is 0 Å². The van der Waals surface area contributed by atoms with E-state index in [4.69, 9.17) is 9.47 Å². The van der Waals surface area contributed by atoms with Crippen LogP contribution in [-0.2, 0) is 16.1 Å². The minimum absolute atomic E-state index is 0.378. The standard InChI is InChI=1S/C15H22BrNO2/c1-12(15-7-4-9-19-15)17-8-10-18-11-13-5-2-3-6-14(13)16/h2-3,5-6,12,15,17H,4,7-11H2,1H3. The maximum Gasteiger partial charge on any atom is 0.0728 e. The molecule has 0 spiro atoms. The summed E-state index contributed by atoms with van der Waals surface area (Å²) in [5.41, 5.74) is 1.19. The Hall–Kier alpha value is -0.420. The molecule has 1 aromatic rings. The monoisotopic (exact) mass is 327 g/mol. The number of ether oxygens (including phenoxy) is 2. The van der Waals surface area contributed by atoms with Crippen LogP contribution in [0.25, 0.3) is 0 Å². The third kappa shape index (κ3) is 4.88. The molecule has 0 aliphatic carbocycles. The van der Waals surface area contributed by atoms with E-state index < -0.39 is 0 Å². The highest BCUT2D eigenvalue weighted by molar-refractivity contribution is 9.10. The molecular formula is C15H22BrNO2. The molecule has 0 aromatic heterocycles. The number of nitrogens with one attached hydrogen (secondary N) is 1. The van der Waals surface area contributed by atoms with Gasteiger partial charge < -0.3 is 14.8 Å². The summed E-state index contributed by atoms with van der Waals surface area (Å²) in [4.78, 5) is 0. The number of benzene rings is 1. The normalized spacial score (nSPS) is 20.6. The predicted molar refractivity (Wildman–Crippen MR) is 80.2 cm³/mol. The van der Waals surface area contributed by atoms with Gasteiger partial charge >= 0.3 is 0 Å². The van der Waals surface area contributed by atoms with Crippen molar-refractivity contribution in [3.8, 4) is 0 Å². The fraction of sp³-hybridized carbons (Fsp3) is 0.600. The van der Waals surface area contributed by atoms with Gasteiger partial charge in [-0.1, -0.05) is 34.1 Å². The highest BCUT2D eigenvalue weighted by atomic mass is 79.9. The van der Waals surface area contributed by atoms with E-state index in [1.54, 1.807) is 0 Å². The Kier molecular flexibility index (Phi) is 6.31. The first-order valence-corrected chi connectivity index (χ1v) is 7.73. The molecule has 2 atom stereocenters. The van der Waals surface area contributed by atoms with Crippen LogP contribution < -0.4 is 5.32 Å². The molecule has 1 aromatic carbocycles. The predicted octanol–water partition coefficient (Wildman–Crippen LogP) is 3.12. The molecule has 2 unspecified atom stereocenters. The third-order valence-corrected chi connectivity index (χ3v) is 4.22. The smallest absolute Gasteiger partial charge is 0.0728 e. The largest absolute Gasteiger partial charge is 0.377 e. The minimum atomic E-state index is 0.378. The zero-order valence-corrected chi connectivity index (χ0v) is 13.0. The summed E-state index contributed by atoms with van der Waals surface area (Å²) in [5, 5.41) is 3.46. The summed E-state index contributed by atoms with van der Waals surface area (Å²) in [6, 6.07) is 8.57. The molecule has 1 aliphatic heterocycles. The van der Waals surface area contributed by atoms with Crippen molar-refractivity contribution in [3.05, 3.63) is 34.3 Å². The average Bonchev–Trinajstić information content (AvgIpc) is 2.94. The van der Waals surface area contributed by atoms with Crippen molar-refractivity contribution < 1.29 is 9.47 Å². The first-order chi connectivity index (χ1) is 9.27. The molecule has 3 nitrogen and oxygen atoms in total. The summed E-state index contributed by atoms with van der Waals surface area (Å²) < 4.78 is 12.4. The molecule has 1 fully saturated rings. The van der Waals surface area contributed by atoms with Crippen molar-refractivity contribution in [2.75, 3.05) is 19.8 Å². The van der Waals surface area contributed by atoms with Crippen molar-refractivity contribution in [3.63, 3.8) is 0 Å². The zero-order chi connectivity index (χ0) is 13.5. The summed E-state index contributed by atoms with van der Waals surface area (Å²) in [6.07, 6.45) is 2.74. The molecule has 1 aliphatic rings. The van der Waals surface area contributed by atoms with Gasteiger partial charge in [0.25, 0.3) is 0 Å². The van der Waals surface area contributed by atoms with Gasteiger partial charge in [0.05, 0.1) is 19.3 Å². The maximum atomic E-state index is 5.68. The Bertz CT molecular complexity index is 380. The minimum Gasteiger partial charge on any atom is -0.377 e. The molecule has 1 saturated heterocycles. The van der Waals surface area contributed by atoms with Crippen molar-refractivity contribution >= 4 is 15.9 Å². The van der Waals surface area contributed by atoms with Crippen LogP contribution in [0, 0.1) is 0 Å². The Morgan fingerprint density at radius 3 is 3.05 bits per heavy atom. The van der Waals surface area contributed by atoms with Crippen LogP contribution in [0.1, 0.15) is 25.3 Å². The lowest BCUT2D eigenvalue weighted by Crippen LogP contribution is -2.38. The molecule has 0 amide bonds. The lowest BCUT2D eigenvalue weighted by molar-refractivity contribution is 0.0750. The molecule has 2 rings (SSSR count). The first-order valence-electron chi connectivity index (χ1n) is 6.93. The van der Waals surface area contributed by atoms with E-state index in [-0.39, 0.29) is 0 Å². The van der Waals surface area contributed by atoms with Crippen LogP contribution in [0.4, 0.5) is 0 Å². The Morgan fingerprint density at radius 2 is 2.32 bits per heavy atom. The maximum absolute atomic E-state index is 5.68. The van der Waals surface area contributed by atoms with E-state index in [0.29, 0.717) is 18.8 Å². The van der Waals surface area contributed by atoms with Gasteiger partial charge in [-0.3, -0.25) is 0 Å². The van der Waals surface area contributed by atoms with Crippen molar-refractivity contribution in [2.45, 2.75) is 38.5 Å². The molecule has 106 valence electrons. The molecular weight excluding hydrogens is 306 g/mol. The van der Waals surface area contributed by atoms with Crippen LogP contribution in [0.3, 0.4) is 0 Å². The fourth-order valence-corrected chi connectivity index (χ4v) is 2.68. The second kappa shape index (κ2) is 8.00. The number of rotatable bonds is 7. The van der Waals surface area contributed by atoms with Gasteiger partial charge in [0.1, 0.15) is 0 Å². The van der Waals surface area contributed by atoms with Crippen LogP contribution >= 0.6 is 15.9 Å². The second-order valence-corrected chi connectivity index (χ2v) is 5.79. The van der Waals surface area contributed by atoms with Crippen molar-refractivity contribution in [2.24, 2.45) is 0 Å². The number of hydrogen-bond acceptors (Lipinski definition) is 3. The van der Waals surface area contributed by atoms with E-state index >= 15 is 0 Å². The lowest BCUT2D eigenvalue weighted by atomic mass is 10.1. The van der Waals surface area contributed by atoms with E-state index in [2.05, 4.69) is 34.2 Å². The van der Waals surface area contributed by atoms with E-state index in [1.165, 1.54) is 18.4 Å². The quantitative estimate of drug-likeness (QED) is 0.780. The summed E-state index contributed by atoms with van der Waals surface area (Å²) in [7, 11) is 0. The molecule has 19 heavy (non-hydrogen) atoms. The molecule has 0 saturated carbocycles. The van der Waals surface area contributed by atoms with Gasteiger partial charge in [-0.2, -0.15) is 0 Å². The summed E-state index contributed by atoms with van der Waals surface area (Å²) in [5.74, 6) is 0. The molecule has 1 heterocycles. The average molecular weight is 328 g/mol. The Balaban J connectivity index is 1.58. The van der Waals surface area contributed by atoms with Gasteiger partial charge in [-0.15, -0.1) is 0 Å². The van der Waals surface area contributed by atoms with E-state index in [1.807, 2.05) is 18.2 Å². The summed E-state index contributed by atoms with van der Waals surface area (Å²) in [6.45, 7) is 5.33.